The highest BCUT2D eigenvalue weighted by Crippen LogP contribution is 2.31. The lowest BCUT2D eigenvalue weighted by atomic mass is 9.97. The normalized spacial score (nSPS) is 16.3. The van der Waals surface area contributed by atoms with Crippen LogP contribution in [-0.4, -0.2) is 35.2 Å². The predicted octanol–water partition coefficient (Wildman–Crippen LogP) is 5.58. The maximum atomic E-state index is 13.0. The Kier molecular flexibility index (Phi) is 7.28. The Morgan fingerprint density at radius 1 is 1.18 bits per heavy atom. The molecule has 1 atom stereocenters. The quantitative estimate of drug-likeness (QED) is 0.313. The standard InChI is InChI=1S/C27H25F3N6OS/c28-27(29,30)20-4-6-21(7-5-20)32-14-22-24(31)25(35-16-34-22)36-10-1-2-19(15-36)26(37)33-13-17-3-8-23-18(12-17)9-11-38-23/h3-9,11-12,14,16,19H,1-2,10,13,15,31H2,(H,33,37)/t19-/m0/s1. The topological polar surface area (TPSA) is 96.5 Å². The molecule has 0 aliphatic carbocycles. The minimum absolute atomic E-state index is 0.0168. The lowest BCUT2D eigenvalue weighted by molar-refractivity contribution is -0.137. The number of fused-ring (bicyclic) bond motifs is 1. The van der Waals surface area contributed by atoms with Crippen molar-refractivity contribution in [1.82, 2.24) is 15.3 Å². The number of carbonyl (C=O) groups is 1. The van der Waals surface area contributed by atoms with E-state index in [2.05, 4.69) is 43.9 Å². The fourth-order valence-electron chi connectivity index (χ4n) is 4.47. The number of nitrogens with one attached hydrogen (secondary N) is 1. The zero-order valence-corrected chi connectivity index (χ0v) is 21.1. The third kappa shape index (κ3) is 5.77. The van der Waals surface area contributed by atoms with Gasteiger partial charge in [-0.25, -0.2) is 9.97 Å². The van der Waals surface area contributed by atoms with Crippen LogP contribution in [-0.2, 0) is 17.5 Å². The first-order valence-electron chi connectivity index (χ1n) is 12.1. The summed E-state index contributed by atoms with van der Waals surface area (Å²) in [5, 5.41) is 6.28. The molecule has 1 fully saturated rings. The number of rotatable bonds is 6. The van der Waals surface area contributed by atoms with Gasteiger partial charge < -0.3 is 16.0 Å². The summed E-state index contributed by atoms with van der Waals surface area (Å²) in [6.07, 6.45) is -0.0715. The number of halogens is 3. The number of anilines is 2. The van der Waals surface area contributed by atoms with Gasteiger partial charge in [0, 0.05) is 24.3 Å². The van der Waals surface area contributed by atoms with Crippen LogP contribution >= 0.6 is 11.3 Å². The van der Waals surface area contributed by atoms with Crippen LogP contribution in [0.1, 0.15) is 29.7 Å². The molecule has 196 valence electrons. The van der Waals surface area contributed by atoms with Crippen molar-refractivity contribution in [3.8, 4) is 0 Å². The molecule has 2 aromatic heterocycles. The number of alkyl halides is 3. The Morgan fingerprint density at radius 2 is 2.00 bits per heavy atom. The monoisotopic (exact) mass is 538 g/mol. The van der Waals surface area contributed by atoms with Gasteiger partial charge >= 0.3 is 6.18 Å². The number of aliphatic imine (C=N–C) groups is 1. The molecule has 0 bridgehead atoms. The first-order valence-corrected chi connectivity index (χ1v) is 13.0. The second-order valence-electron chi connectivity index (χ2n) is 9.09. The number of hydrogen-bond donors (Lipinski definition) is 2. The zero-order valence-electron chi connectivity index (χ0n) is 20.3. The largest absolute Gasteiger partial charge is 0.416 e. The summed E-state index contributed by atoms with van der Waals surface area (Å²) in [7, 11) is 0. The number of carbonyl (C=O) groups excluding carboxylic acids is 1. The molecule has 3 heterocycles. The number of nitrogens with two attached hydrogens (primary N) is 1. The Bertz CT molecular complexity index is 1470. The molecule has 0 spiro atoms. The van der Waals surface area contributed by atoms with Crippen molar-refractivity contribution in [2.75, 3.05) is 23.7 Å². The van der Waals surface area contributed by atoms with Crippen LogP contribution in [0.2, 0.25) is 0 Å². The van der Waals surface area contributed by atoms with E-state index in [1.54, 1.807) is 11.3 Å². The van der Waals surface area contributed by atoms with Gasteiger partial charge in [0.25, 0.3) is 0 Å². The average Bonchev–Trinajstić information content (AvgIpc) is 3.39. The molecule has 1 saturated heterocycles. The number of aromatic nitrogens is 2. The molecule has 2 aromatic carbocycles. The summed E-state index contributed by atoms with van der Waals surface area (Å²) < 4.78 is 39.6. The van der Waals surface area contributed by atoms with Gasteiger partial charge in [0.15, 0.2) is 5.82 Å². The molecule has 1 amide bonds. The lowest BCUT2D eigenvalue weighted by Crippen LogP contribution is -2.43. The van der Waals surface area contributed by atoms with Crippen molar-refractivity contribution in [3.63, 3.8) is 0 Å². The van der Waals surface area contributed by atoms with E-state index in [9.17, 15) is 18.0 Å². The molecule has 3 N–H and O–H groups in total. The van der Waals surface area contributed by atoms with Crippen molar-refractivity contribution in [1.29, 1.82) is 0 Å². The number of piperidine rings is 1. The molecule has 4 aromatic rings. The molecule has 0 saturated carbocycles. The van der Waals surface area contributed by atoms with E-state index >= 15 is 0 Å². The molecule has 1 aliphatic heterocycles. The lowest BCUT2D eigenvalue weighted by Gasteiger charge is -2.33. The van der Waals surface area contributed by atoms with E-state index in [0.717, 1.165) is 30.5 Å². The van der Waals surface area contributed by atoms with E-state index in [4.69, 9.17) is 5.73 Å². The summed E-state index contributed by atoms with van der Waals surface area (Å²) in [4.78, 5) is 27.7. The smallest absolute Gasteiger partial charge is 0.394 e. The molecule has 1 aliphatic rings. The van der Waals surface area contributed by atoms with Crippen molar-refractivity contribution in [2.45, 2.75) is 25.6 Å². The molecule has 11 heteroatoms. The summed E-state index contributed by atoms with van der Waals surface area (Å²) in [5.41, 5.74) is 7.64. The number of thiophene rings is 1. The fourth-order valence-corrected chi connectivity index (χ4v) is 5.24. The number of nitrogens with zero attached hydrogens (tertiary/aromatic N) is 4. The molecular weight excluding hydrogens is 513 g/mol. The Hall–Kier alpha value is -3.99. The van der Waals surface area contributed by atoms with Gasteiger partial charge in [0.2, 0.25) is 5.91 Å². The van der Waals surface area contributed by atoms with Crippen LogP contribution in [0.25, 0.3) is 10.1 Å². The van der Waals surface area contributed by atoms with Crippen LogP contribution in [0.5, 0.6) is 0 Å². The highest BCUT2D eigenvalue weighted by atomic mass is 32.1. The van der Waals surface area contributed by atoms with E-state index in [-0.39, 0.29) is 11.8 Å². The summed E-state index contributed by atoms with van der Waals surface area (Å²) in [6, 6.07) is 12.8. The second-order valence-corrected chi connectivity index (χ2v) is 10.0. The van der Waals surface area contributed by atoms with Crippen LogP contribution in [0.4, 0.5) is 30.4 Å². The van der Waals surface area contributed by atoms with Crippen LogP contribution < -0.4 is 16.0 Å². The summed E-state index contributed by atoms with van der Waals surface area (Å²) in [5.74, 6) is 0.276. The maximum absolute atomic E-state index is 13.0. The van der Waals surface area contributed by atoms with Crippen LogP contribution in [0, 0.1) is 5.92 Å². The molecule has 5 rings (SSSR count). The number of benzene rings is 2. The third-order valence-electron chi connectivity index (χ3n) is 6.50. The van der Waals surface area contributed by atoms with Gasteiger partial charge in [0.05, 0.1) is 23.4 Å². The maximum Gasteiger partial charge on any atom is 0.416 e. The van der Waals surface area contributed by atoms with E-state index in [0.29, 0.717) is 42.5 Å². The summed E-state index contributed by atoms with van der Waals surface area (Å²) in [6.45, 7) is 1.61. The Balaban J connectivity index is 1.23. The van der Waals surface area contributed by atoms with Crippen molar-refractivity contribution in [3.05, 3.63) is 77.1 Å². The highest BCUT2D eigenvalue weighted by molar-refractivity contribution is 7.17. The Labute approximate surface area is 221 Å². The van der Waals surface area contributed by atoms with Crippen molar-refractivity contribution >= 4 is 50.7 Å². The van der Waals surface area contributed by atoms with Gasteiger partial charge in [-0.1, -0.05) is 6.07 Å². The number of amides is 1. The Morgan fingerprint density at radius 3 is 2.79 bits per heavy atom. The van der Waals surface area contributed by atoms with Crippen molar-refractivity contribution in [2.24, 2.45) is 10.9 Å². The van der Waals surface area contributed by atoms with Gasteiger partial charge in [0.1, 0.15) is 17.7 Å². The van der Waals surface area contributed by atoms with Crippen LogP contribution in [0.3, 0.4) is 0 Å². The van der Waals surface area contributed by atoms with Gasteiger partial charge in [-0.15, -0.1) is 11.3 Å². The third-order valence-corrected chi connectivity index (χ3v) is 7.40. The van der Waals surface area contributed by atoms with Crippen molar-refractivity contribution < 1.29 is 18.0 Å². The number of hydrogen-bond acceptors (Lipinski definition) is 7. The predicted molar refractivity (Wildman–Crippen MR) is 144 cm³/mol. The first kappa shape index (κ1) is 25.7. The molecule has 0 unspecified atom stereocenters. The SMILES string of the molecule is Nc1c(C=Nc2ccc(C(F)(F)F)cc2)ncnc1N1CCC[C@H](C(=O)NCc2ccc3sccc3c2)C1. The first-order chi connectivity index (χ1) is 18.3. The van der Waals surface area contributed by atoms with Gasteiger partial charge in [-0.2, -0.15) is 13.2 Å². The van der Waals surface area contributed by atoms with E-state index in [1.807, 2.05) is 11.0 Å². The molecule has 7 nitrogen and oxygen atoms in total. The average molecular weight is 539 g/mol. The van der Waals surface area contributed by atoms with E-state index in [1.165, 1.54) is 34.8 Å². The van der Waals surface area contributed by atoms with E-state index < -0.39 is 11.7 Å². The van der Waals surface area contributed by atoms with Crippen LogP contribution in [0.15, 0.2) is 65.2 Å². The minimum Gasteiger partial charge on any atom is -0.394 e. The zero-order chi connectivity index (χ0) is 26.7. The van der Waals surface area contributed by atoms with Gasteiger partial charge in [-0.3, -0.25) is 9.79 Å². The highest BCUT2D eigenvalue weighted by Gasteiger charge is 2.30. The fraction of sp³-hybridized carbons (Fsp3) is 0.259. The summed E-state index contributed by atoms with van der Waals surface area (Å²) >= 11 is 1.69. The molecule has 0 radical (unpaired) electrons. The molecular formula is C27H25F3N6OS. The minimum atomic E-state index is -4.41. The number of nitrogen functional groups attached to an aromatic ring is 1. The van der Waals surface area contributed by atoms with Gasteiger partial charge in [-0.05, 0) is 71.6 Å². The second kappa shape index (κ2) is 10.8. The molecule has 38 heavy (non-hydrogen) atoms.